The van der Waals surface area contributed by atoms with Crippen molar-refractivity contribution in [2.75, 3.05) is 6.54 Å². The zero-order valence-corrected chi connectivity index (χ0v) is 12.2. The molecule has 1 unspecified atom stereocenters. The highest BCUT2D eigenvalue weighted by Crippen LogP contribution is 2.31. The van der Waals surface area contributed by atoms with Gasteiger partial charge in [-0.15, -0.1) is 0 Å². The zero-order valence-electron chi connectivity index (χ0n) is 10.6. The van der Waals surface area contributed by atoms with Crippen LogP contribution in [0.5, 0.6) is 0 Å². The predicted octanol–water partition coefficient (Wildman–Crippen LogP) is 2.86. The Bertz CT molecular complexity index is 560. The van der Waals surface area contributed by atoms with Crippen molar-refractivity contribution in [3.63, 3.8) is 0 Å². The van der Waals surface area contributed by atoms with Gasteiger partial charge in [-0.2, -0.15) is 0 Å². The highest BCUT2D eigenvalue weighted by molar-refractivity contribution is 9.10. The molecular weight excluding hydrogens is 302 g/mol. The number of nitrogens with zero attached hydrogens (tertiary/aromatic N) is 2. The predicted molar refractivity (Wildman–Crippen MR) is 79.4 cm³/mol. The van der Waals surface area contributed by atoms with E-state index in [1.165, 1.54) is 16.7 Å². The van der Waals surface area contributed by atoms with Crippen LogP contribution in [0.2, 0.25) is 0 Å². The lowest BCUT2D eigenvalue weighted by atomic mass is 10.1. The van der Waals surface area contributed by atoms with E-state index < -0.39 is 0 Å². The third-order valence-corrected chi connectivity index (χ3v) is 4.07. The highest BCUT2D eigenvalue weighted by Gasteiger charge is 2.26. The van der Waals surface area contributed by atoms with Crippen LogP contribution in [0.3, 0.4) is 0 Å². The Balaban J connectivity index is 1.86. The largest absolute Gasteiger partial charge is 0.329 e. The van der Waals surface area contributed by atoms with Gasteiger partial charge in [0, 0.05) is 42.5 Å². The summed E-state index contributed by atoms with van der Waals surface area (Å²) in [6.45, 7) is 2.53. The van der Waals surface area contributed by atoms with Crippen LogP contribution in [0.1, 0.15) is 22.7 Å². The zero-order chi connectivity index (χ0) is 13.2. The van der Waals surface area contributed by atoms with Gasteiger partial charge in [0.1, 0.15) is 0 Å². The number of pyridine rings is 1. The van der Waals surface area contributed by atoms with Crippen molar-refractivity contribution in [1.82, 2.24) is 9.88 Å². The fourth-order valence-electron chi connectivity index (χ4n) is 2.69. The second kappa shape index (κ2) is 5.41. The van der Waals surface area contributed by atoms with Gasteiger partial charge in [-0.1, -0.05) is 24.3 Å². The number of rotatable bonds is 3. The molecule has 0 spiro atoms. The molecule has 1 aliphatic heterocycles. The number of fused-ring (bicyclic) bond motifs is 1. The third-order valence-electron chi connectivity index (χ3n) is 3.64. The minimum atomic E-state index is 0.220. The average Bonchev–Trinajstić information content (AvgIpc) is 2.83. The van der Waals surface area contributed by atoms with Gasteiger partial charge in [0.05, 0.1) is 0 Å². The SMILES string of the molecule is NCC(c1cncc(Br)c1)N1Cc2ccccc2C1. The van der Waals surface area contributed by atoms with Crippen LogP contribution < -0.4 is 5.73 Å². The highest BCUT2D eigenvalue weighted by atomic mass is 79.9. The van der Waals surface area contributed by atoms with Crippen molar-refractivity contribution in [2.45, 2.75) is 19.1 Å². The topological polar surface area (TPSA) is 42.1 Å². The van der Waals surface area contributed by atoms with Crippen LogP contribution in [0, 0.1) is 0 Å². The molecule has 0 saturated carbocycles. The van der Waals surface area contributed by atoms with E-state index in [0.29, 0.717) is 6.54 Å². The van der Waals surface area contributed by atoms with E-state index in [0.717, 1.165) is 17.6 Å². The Kier molecular flexibility index (Phi) is 3.64. The number of hydrogen-bond donors (Lipinski definition) is 1. The van der Waals surface area contributed by atoms with E-state index in [1.807, 2.05) is 6.20 Å². The number of benzene rings is 1. The number of nitrogens with two attached hydrogens (primary N) is 1. The number of halogens is 1. The first-order chi connectivity index (χ1) is 9.28. The maximum atomic E-state index is 5.98. The molecule has 3 rings (SSSR count). The van der Waals surface area contributed by atoms with Crippen LogP contribution in [0.15, 0.2) is 47.2 Å². The number of hydrogen-bond acceptors (Lipinski definition) is 3. The van der Waals surface area contributed by atoms with Crippen molar-refractivity contribution in [1.29, 1.82) is 0 Å². The summed E-state index contributed by atoms with van der Waals surface area (Å²) in [4.78, 5) is 6.66. The monoisotopic (exact) mass is 317 g/mol. The van der Waals surface area contributed by atoms with Crippen molar-refractivity contribution < 1.29 is 0 Å². The van der Waals surface area contributed by atoms with Gasteiger partial charge < -0.3 is 5.73 Å². The summed E-state index contributed by atoms with van der Waals surface area (Å²) < 4.78 is 1.00. The van der Waals surface area contributed by atoms with Gasteiger partial charge in [0.25, 0.3) is 0 Å². The molecule has 2 heterocycles. The molecular formula is C15H16BrN3. The maximum absolute atomic E-state index is 5.98. The molecule has 1 aromatic carbocycles. The molecule has 1 aliphatic rings. The maximum Gasteiger partial charge on any atom is 0.0493 e. The molecule has 0 amide bonds. The lowest BCUT2D eigenvalue weighted by molar-refractivity contribution is 0.205. The third kappa shape index (κ3) is 2.56. The van der Waals surface area contributed by atoms with Crippen molar-refractivity contribution in [3.8, 4) is 0 Å². The van der Waals surface area contributed by atoms with Crippen molar-refractivity contribution >= 4 is 15.9 Å². The van der Waals surface area contributed by atoms with Crippen LogP contribution >= 0.6 is 15.9 Å². The molecule has 0 aliphatic carbocycles. The quantitative estimate of drug-likeness (QED) is 0.946. The van der Waals surface area contributed by atoms with E-state index >= 15 is 0 Å². The molecule has 0 fully saturated rings. The van der Waals surface area contributed by atoms with E-state index in [-0.39, 0.29) is 6.04 Å². The summed E-state index contributed by atoms with van der Waals surface area (Å²) >= 11 is 3.47. The summed E-state index contributed by atoms with van der Waals surface area (Å²) in [5.74, 6) is 0. The lowest BCUT2D eigenvalue weighted by Crippen LogP contribution is -2.29. The fourth-order valence-corrected chi connectivity index (χ4v) is 3.07. The van der Waals surface area contributed by atoms with Crippen LogP contribution in [-0.4, -0.2) is 16.4 Å². The Morgan fingerprint density at radius 3 is 2.47 bits per heavy atom. The lowest BCUT2D eigenvalue weighted by Gasteiger charge is -2.26. The average molecular weight is 318 g/mol. The van der Waals surface area contributed by atoms with Crippen molar-refractivity contribution in [2.24, 2.45) is 5.73 Å². The molecule has 19 heavy (non-hydrogen) atoms. The Morgan fingerprint density at radius 2 is 1.89 bits per heavy atom. The Labute approximate surface area is 121 Å². The van der Waals surface area contributed by atoms with E-state index in [1.54, 1.807) is 6.20 Å². The molecule has 3 nitrogen and oxygen atoms in total. The summed E-state index contributed by atoms with van der Waals surface area (Å²) in [7, 11) is 0. The summed E-state index contributed by atoms with van der Waals surface area (Å²) in [6.07, 6.45) is 3.71. The van der Waals surface area contributed by atoms with Gasteiger partial charge in [-0.3, -0.25) is 9.88 Å². The van der Waals surface area contributed by atoms with E-state index in [2.05, 4.69) is 56.1 Å². The molecule has 0 saturated heterocycles. The first-order valence-corrected chi connectivity index (χ1v) is 7.18. The van der Waals surface area contributed by atoms with Crippen LogP contribution in [-0.2, 0) is 13.1 Å². The van der Waals surface area contributed by atoms with Crippen LogP contribution in [0.4, 0.5) is 0 Å². The summed E-state index contributed by atoms with van der Waals surface area (Å²) in [6, 6.07) is 10.9. The molecule has 0 radical (unpaired) electrons. The van der Waals surface area contributed by atoms with Gasteiger partial charge in [0.2, 0.25) is 0 Å². The van der Waals surface area contributed by atoms with Crippen LogP contribution in [0.25, 0.3) is 0 Å². The van der Waals surface area contributed by atoms with E-state index in [9.17, 15) is 0 Å². The number of aromatic nitrogens is 1. The summed E-state index contributed by atoms with van der Waals surface area (Å²) in [5.41, 5.74) is 9.97. The molecule has 2 N–H and O–H groups in total. The van der Waals surface area contributed by atoms with Gasteiger partial charge >= 0.3 is 0 Å². The summed E-state index contributed by atoms with van der Waals surface area (Å²) in [5, 5.41) is 0. The van der Waals surface area contributed by atoms with Gasteiger partial charge in [0.15, 0.2) is 0 Å². The normalized spacial score (nSPS) is 16.3. The minimum absolute atomic E-state index is 0.220. The first-order valence-electron chi connectivity index (χ1n) is 6.39. The van der Waals surface area contributed by atoms with Gasteiger partial charge in [-0.25, -0.2) is 0 Å². The first kappa shape index (κ1) is 12.8. The fraction of sp³-hybridized carbons (Fsp3) is 0.267. The molecule has 98 valence electrons. The molecule has 2 aromatic rings. The second-order valence-electron chi connectivity index (χ2n) is 4.86. The standard InChI is InChI=1S/C15H16BrN3/c16-14-5-13(7-18-8-14)15(6-17)19-9-11-3-1-2-4-12(11)10-19/h1-5,7-8,15H,6,9-10,17H2. The van der Waals surface area contributed by atoms with E-state index in [4.69, 9.17) is 5.73 Å². The Hall–Kier alpha value is -1.23. The smallest absolute Gasteiger partial charge is 0.0493 e. The van der Waals surface area contributed by atoms with Crippen molar-refractivity contribution in [3.05, 3.63) is 63.9 Å². The van der Waals surface area contributed by atoms with Gasteiger partial charge in [-0.05, 0) is 38.7 Å². The molecule has 0 bridgehead atoms. The minimum Gasteiger partial charge on any atom is -0.329 e. The molecule has 4 heteroatoms. The molecule has 1 atom stereocenters. The Morgan fingerprint density at radius 1 is 1.21 bits per heavy atom. The molecule has 1 aromatic heterocycles. The second-order valence-corrected chi connectivity index (χ2v) is 5.78.